The largest absolute Gasteiger partial charge is 0.383 e. The Bertz CT molecular complexity index is 221. The highest BCUT2D eigenvalue weighted by molar-refractivity contribution is 5.82. The zero-order chi connectivity index (χ0) is 13.4. The summed E-state index contributed by atoms with van der Waals surface area (Å²) in [6, 6.07) is -0.182. The molecule has 0 aromatic heterocycles. The molecule has 0 rings (SSSR count). The number of nitrogens with zero attached hydrogens (tertiary/aromatic N) is 1. The Morgan fingerprint density at radius 1 is 1.29 bits per heavy atom. The van der Waals surface area contributed by atoms with Crippen molar-refractivity contribution in [3.63, 3.8) is 0 Å². The van der Waals surface area contributed by atoms with Crippen molar-refractivity contribution in [3.05, 3.63) is 0 Å². The van der Waals surface area contributed by atoms with Gasteiger partial charge in [0.05, 0.1) is 12.6 Å². The van der Waals surface area contributed by atoms with E-state index in [2.05, 4.69) is 20.8 Å². The first-order valence-corrected chi connectivity index (χ1v) is 6.54. The molecule has 0 aromatic rings. The first-order chi connectivity index (χ1) is 7.99. The van der Waals surface area contributed by atoms with E-state index in [0.717, 1.165) is 12.8 Å². The predicted octanol–water partition coefficient (Wildman–Crippen LogP) is 1.63. The SMILES string of the molecule is CCC(C)[C@H](N)C(=O)N(CCOC)C(C)CC. The lowest BCUT2D eigenvalue weighted by atomic mass is 9.98. The second-order valence-electron chi connectivity index (χ2n) is 4.69. The van der Waals surface area contributed by atoms with Crippen LogP contribution in [0.1, 0.15) is 40.5 Å². The van der Waals surface area contributed by atoms with Crippen LogP contribution in [0.25, 0.3) is 0 Å². The Morgan fingerprint density at radius 3 is 2.29 bits per heavy atom. The Kier molecular flexibility index (Phi) is 8.17. The van der Waals surface area contributed by atoms with Crippen molar-refractivity contribution in [2.75, 3.05) is 20.3 Å². The van der Waals surface area contributed by atoms with Crippen molar-refractivity contribution in [2.45, 2.75) is 52.6 Å². The van der Waals surface area contributed by atoms with E-state index in [1.807, 2.05) is 11.8 Å². The fraction of sp³-hybridized carbons (Fsp3) is 0.923. The van der Waals surface area contributed by atoms with Gasteiger partial charge in [0.25, 0.3) is 0 Å². The maximum Gasteiger partial charge on any atom is 0.240 e. The van der Waals surface area contributed by atoms with Gasteiger partial charge in [0.1, 0.15) is 0 Å². The van der Waals surface area contributed by atoms with Gasteiger partial charge in [0.15, 0.2) is 0 Å². The van der Waals surface area contributed by atoms with E-state index in [0.29, 0.717) is 13.2 Å². The van der Waals surface area contributed by atoms with E-state index in [9.17, 15) is 4.79 Å². The molecule has 0 saturated carbocycles. The number of hydrogen-bond donors (Lipinski definition) is 1. The lowest BCUT2D eigenvalue weighted by Gasteiger charge is -2.32. The average molecular weight is 244 g/mol. The molecule has 0 fully saturated rings. The molecule has 0 aliphatic carbocycles. The normalized spacial score (nSPS) is 16.4. The average Bonchev–Trinajstić information content (AvgIpc) is 2.36. The Labute approximate surface area is 105 Å². The predicted molar refractivity (Wildman–Crippen MR) is 70.8 cm³/mol. The maximum absolute atomic E-state index is 12.3. The molecule has 1 amide bonds. The summed E-state index contributed by atoms with van der Waals surface area (Å²) in [5, 5.41) is 0. The molecule has 102 valence electrons. The van der Waals surface area contributed by atoms with Crippen LogP contribution in [0.3, 0.4) is 0 Å². The second kappa shape index (κ2) is 8.48. The first kappa shape index (κ1) is 16.4. The summed E-state index contributed by atoms with van der Waals surface area (Å²) in [6.07, 6.45) is 1.86. The van der Waals surface area contributed by atoms with E-state index in [1.54, 1.807) is 7.11 Å². The minimum Gasteiger partial charge on any atom is -0.383 e. The van der Waals surface area contributed by atoms with Crippen LogP contribution in [0.5, 0.6) is 0 Å². The molecule has 0 saturated heterocycles. The number of methoxy groups -OCH3 is 1. The maximum atomic E-state index is 12.3. The number of ether oxygens (including phenoxy) is 1. The lowest BCUT2D eigenvalue weighted by Crippen LogP contribution is -2.51. The highest BCUT2D eigenvalue weighted by atomic mass is 16.5. The van der Waals surface area contributed by atoms with Gasteiger partial charge in [-0.3, -0.25) is 4.79 Å². The monoisotopic (exact) mass is 244 g/mol. The lowest BCUT2D eigenvalue weighted by molar-refractivity contribution is -0.136. The van der Waals surface area contributed by atoms with Crippen LogP contribution in [-0.2, 0) is 9.53 Å². The Hall–Kier alpha value is -0.610. The minimum absolute atomic E-state index is 0.0470. The third-order valence-corrected chi connectivity index (χ3v) is 3.48. The number of carbonyl (C=O) groups excluding carboxylic acids is 1. The summed E-state index contributed by atoms with van der Waals surface area (Å²) in [6.45, 7) is 9.38. The summed E-state index contributed by atoms with van der Waals surface area (Å²) in [4.78, 5) is 14.1. The van der Waals surface area contributed by atoms with Gasteiger partial charge in [0, 0.05) is 19.7 Å². The van der Waals surface area contributed by atoms with Crippen LogP contribution >= 0.6 is 0 Å². The number of carbonyl (C=O) groups is 1. The molecule has 0 aromatic carbocycles. The van der Waals surface area contributed by atoms with Crippen LogP contribution in [0.4, 0.5) is 0 Å². The molecule has 4 nitrogen and oxygen atoms in total. The topological polar surface area (TPSA) is 55.6 Å². The fourth-order valence-electron chi connectivity index (χ4n) is 1.65. The van der Waals surface area contributed by atoms with Crippen molar-refractivity contribution in [1.82, 2.24) is 4.90 Å². The van der Waals surface area contributed by atoms with Gasteiger partial charge in [-0.15, -0.1) is 0 Å². The highest BCUT2D eigenvalue weighted by Crippen LogP contribution is 2.12. The molecule has 0 aliphatic heterocycles. The summed E-state index contributed by atoms with van der Waals surface area (Å²) in [5.41, 5.74) is 6.00. The van der Waals surface area contributed by atoms with Crippen LogP contribution in [0.15, 0.2) is 0 Å². The molecular weight excluding hydrogens is 216 g/mol. The second-order valence-corrected chi connectivity index (χ2v) is 4.69. The Morgan fingerprint density at radius 2 is 1.88 bits per heavy atom. The molecule has 0 bridgehead atoms. The summed E-state index contributed by atoms with van der Waals surface area (Å²) >= 11 is 0. The quantitative estimate of drug-likeness (QED) is 0.706. The van der Waals surface area contributed by atoms with Gasteiger partial charge in [-0.2, -0.15) is 0 Å². The molecule has 17 heavy (non-hydrogen) atoms. The number of hydrogen-bond acceptors (Lipinski definition) is 3. The standard InChI is InChI=1S/C13H28N2O2/c1-6-10(3)12(14)13(16)15(8-9-17-5)11(4)7-2/h10-12H,6-9,14H2,1-5H3/t10?,11?,12-/m0/s1. The molecular formula is C13H28N2O2. The Balaban J connectivity index is 4.61. The van der Waals surface area contributed by atoms with Crippen molar-refractivity contribution in [1.29, 1.82) is 0 Å². The zero-order valence-corrected chi connectivity index (χ0v) is 11.9. The minimum atomic E-state index is -0.397. The van der Waals surface area contributed by atoms with Gasteiger partial charge >= 0.3 is 0 Å². The van der Waals surface area contributed by atoms with E-state index in [-0.39, 0.29) is 17.9 Å². The molecule has 0 radical (unpaired) electrons. The zero-order valence-electron chi connectivity index (χ0n) is 11.9. The molecule has 0 aliphatic rings. The van der Waals surface area contributed by atoms with Crippen LogP contribution in [0.2, 0.25) is 0 Å². The van der Waals surface area contributed by atoms with E-state index in [1.165, 1.54) is 0 Å². The van der Waals surface area contributed by atoms with Crippen LogP contribution in [0, 0.1) is 5.92 Å². The van der Waals surface area contributed by atoms with Crippen LogP contribution < -0.4 is 5.73 Å². The van der Waals surface area contributed by atoms with E-state index >= 15 is 0 Å². The van der Waals surface area contributed by atoms with Gasteiger partial charge in [-0.05, 0) is 19.3 Å². The van der Waals surface area contributed by atoms with Gasteiger partial charge in [-0.1, -0.05) is 27.2 Å². The number of amides is 1. The van der Waals surface area contributed by atoms with Crippen molar-refractivity contribution >= 4 is 5.91 Å². The molecule has 4 heteroatoms. The fourth-order valence-corrected chi connectivity index (χ4v) is 1.65. The van der Waals surface area contributed by atoms with Crippen molar-refractivity contribution in [3.8, 4) is 0 Å². The molecule has 3 atom stereocenters. The number of rotatable bonds is 8. The van der Waals surface area contributed by atoms with Gasteiger partial charge in [0.2, 0.25) is 5.91 Å². The smallest absolute Gasteiger partial charge is 0.240 e. The third-order valence-electron chi connectivity index (χ3n) is 3.48. The summed E-state index contributed by atoms with van der Waals surface area (Å²) in [5.74, 6) is 0.266. The van der Waals surface area contributed by atoms with Gasteiger partial charge < -0.3 is 15.4 Å². The van der Waals surface area contributed by atoms with Crippen molar-refractivity contribution < 1.29 is 9.53 Å². The molecule has 0 heterocycles. The van der Waals surface area contributed by atoms with E-state index in [4.69, 9.17) is 10.5 Å². The molecule has 2 N–H and O–H groups in total. The highest BCUT2D eigenvalue weighted by Gasteiger charge is 2.27. The first-order valence-electron chi connectivity index (χ1n) is 6.54. The van der Waals surface area contributed by atoms with Gasteiger partial charge in [-0.25, -0.2) is 0 Å². The van der Waals surface area contributed by atoms with Crippen molar-refractivity contribution in [2.24, 2.45) is 11.7 Å². The molecule has 0 spiro atoms. The number of nitrogens with two attached hydrogens (primary N) is 1. The summed E-state index contributed by atoms with van der Waals surface area (Å²) < 4.78 is 5.05. The molecule has 2 unspecified atom stereocenters. The third kappa shape index (κ3) is 5.04. The van der Waals surface area contributed by atoms with Crippen LogP contribution in [-0.4, -0.2) is 43.2 Å². The van der Waals surface area contributed by atoms with E-state index < -0.39 is 6.04 Å². The summed E-state index contributed by atoms with van der Waals surface area (Å²) in [7, 11) is 1.65.